The van der Waals surface area contributed by atoms with Crippen LogP contribution in [-0.2, 0) is 9.53 Å². The summed E-state index contributed by atoms with van der Waals surface area (Å²) in [7, 11) is 1.28. The number of aliphatic imine (C=N–C) groups is 1. The Hall–Kier alpha value is -2.00. The molecule has 0 saturated heterocycles. The number of aromatic nitrogens is 1. The molecule has 0 saturated carbocycles. The van der Waals surface area contributed by atoms with E-state index in [9.17, 15) is 9.59 Å². The molecule has 0 N–H and O–H groups in total. The molecular formula is C8H6N2O3. The molecule has 0 fully saturated rings. The van der Waals surface area contributed by atoms with Gasteiger partial charge in [0.25, 0.3) is 0 Å². The SMILES string of the molecule is COC(=O)c1ccc(N=C=O)nc1. The molecule has 0 unspecified atom stereocenters. The molecule has 1 aromatic rings. The standard InChI is InChI=1S/C8H6N2O3/c1-13-8(12)6-2-3-7(9-4-6)10-5-11/h2-4H,1H3. The third-order valence-corrected chi connectivity index (χ3v) is 1.33. The number of nitrogens with zero attached hydrogens (tertiary/aromatic N) is 2. The number of hydrogen-bond donors (Lipinski definition) is 0. The molecule has 0 aliphatic rings. The van der Waals surface area contributed by atoms with Crippen LogP contribution in [0.3, 0.4) is 0 Å². The van der Waals surface area contributed by atoms with Gasteiger partial charge in [0.05, 0.1) is 12.7 Å². The van der Waals surface area contributed by atoms with Gasteiger partial charge in [0.15, 0.2) is 5.82 Å². The lowest BCUT2D eigenvalue weighted by molar-refractivity contribution is 0.0600. The van der Waals surface area contributed by atoms with Crippen LogP contribution in [0.4, 0.5) is 5.82 Å². The summed E-state index contributed by atoms with van der Waals surface area (Å²) in [5.74, 6) is -0.267. The zero-order valence-corrected chi connectivity index (χ0v) is 6.85. The summed E-state index contributed by atoms with van der Waals surface area (Å²) in [5, 5.41) is 0. The van der Waals surface area contributed by atoms with E-state index in [1.54, 1.807) is 0 Å². The first-order valence-corrected chi connectivity index (χ1v) is 3.40. The maximum atomic E-state index is 10.9. The van der Waals surface area contributed by atoms with Crippen molar-refractivity contribution in [3.05, 3.63) is 23.9 Å². The van der Waals surface area contributed by atoms with Crippen molar-refractivity contribution >= 4 is 17.9 Å². The van der Waals surface area contributed by atoms with Crippen LogP contribution in [0.5, 0.6) is 0 Å². The second-order valence-corrected chi connectivity index (χ2v) is 2.10. The molecule has 66 valence electrons. The first-order chi connectivity index (χ1) is 6.27. The van der Waals surface area contributed by atoms with Gasteiger partial charge in [-0.15, -0.1) is 4.99 Å². The fourth-order valence-electron chi connectivity index (χ4n) is 0.738. The fraction of sp³-hybridized carbons (Fsp3) is 0.125. The van der Waals surface area contributed by atoms with Gasteiger partial charge >= 0.3 is 5.97 Å². The Morgan fingerprint density at radius 2 is 2.38 bits per heavy atom. The summed E-state index contributed by atoms with van der Waals surface area (Å²) in [6.07, 6.45) is 2.62. The highest BCUT2D eigenvalue weighted by atomic mass is 16.5. The van der Waals surface area contributed by atoms with Crippen LogP contribution in [0.15, 0.2) is 23.3 Å². The average molecular weight is 178 g/mol. The number of hydrogen-bond acceptors (Lipinski definition) is 5. The first kappa shape index (κ1) is 9.09. The minimum absolute atomic E-state index is 0.211. The van der Waals surface area contributed by atoms with Crippen LogP contribution in [0, 0.1) is 0 Å². The van der Waals surface area contributed by atoms with Crippen LogP contribution in [0.1, 0.15) is 10.4 Å². The van der Waals surface area contributed by atoms with E-state index in [1.165, 1.54) is 31.5 Å². The van der Waals surface area contributed by atoms with E-state index in [0.717, 1.165) is 0 Å². The van der Waals surface area contributed by atoms with Crippen molar-refractivity contribution in [2.24, 2.45) is 4.99 Å². The van der Waals surface area contributed by atoms with Gasteiger partial charge in [-0.1, -0.05) is 0 Å². The summed E-state index contributed by atoms with van der Waals surface area (Å²) in [5.41, 5.74) is 0.312. The Bertz CT molecular complexity index is 352. The second kappa shape index (κ2) is 4.13. The zero-order valence-electron chi connectivity index (χ0n) is 6.85. The van der Waals surface area contributed by atoms with E-state index >= 15 is 0 Å². The molecule has 1 heterocycles. The summed E-state index contributed by atoms with van der Waals surface area (Å²) in [4.78, 5) is 27.7. The predicted molar refractivity (Wildman–Crippen MR) is 43.4 cm³/mol. The van der Waals surface area contributed by atoms with Gasteiger partial charge in [0, 0.05) is 6.20 Å². The molecule has 1 rings (SSSR count). The van der Waals surface area contributed by atoms with Crippen LogP contribution < -0.4 is 0 Å². The van der Waals surface area contributed by atoms with Crippen molar-refractivity contribution in [1.82, 2.24) is 4.98 Å². The Kier molecular flexibility index (Phi) is 2.89. The molecule has 1 aromatic heterocycles. The molecule has 0 radical (unpaired) electrons. The smallest absolute Gasteiger partial charge is 0.339 e. The Labute approximate surface area is 74.1 Å². The van der Waals surface area contributed by atoms with Crippen molar-refractivity contribution in [2.75, 3.05) is 7.11 Å². The van der Waals surface area contributed by atoms with Crippen molar-refractivity contribution < 1.29 is 14.3 Å². The van der Waals surface area contributed by atoms with Crippen LogP contribution in [0.25, 0.3) is 0 Å². The normalized spacial score (nSPS) is 8.69. The van der Waals surface area contributed by atoms with Crippen molar-refractivity contribution in [3.63, 3.8) is 0 Å². The van der Waals surface area contributed by atoms with E-state index in [4.69, 9.17) is 0 Å². The largest absolute Gasteiger partial charge is 0.465 e. The summed E-state index contributed by atoms with van der Waals surface area (Å²) < 4.78 is 4.45. The quantitative estimate of drug-likeness (QED) is 0.382. The van der Waals surface area contributed by atoms with E-state index in [1.807, 2.05) is 0 Å². The second-order valence-electron chi connectivity index (χ2n) is 2.10. The minimum atomic E-state index is -0.478. The number of carbonyl (C=O) groups is 1. The number of carbonyl (C=O) groups excluding carboxylic acids is 2. The van der Waals surface area contributed by atoms with Gasteiger partial charge in [-0.2, -0.15) is 0 Å². The zero-order chi connectivity index (χ0) is 9.68. The van der Waals surface area contributed by atoms with Crippen molar-refractivity contribution in [3.8, 4) is 0 Å². The fourth-order valence-corrected chi connectivity index (χ4v) is 0.738. The third-order valence-electron chi connectivity index (χ3n) is 1.33. The highest BCUT2D eigenvalue weighted by Crippen LogP contribution is 2.07. The van der Waals surface area contributed by atoms with Gasteiger partial charge < -0.3 is 4.74 Å². The lowest BCUT2D eigenvalue weighted by Gasteiger charge is -1.96. The molecule has 0 aromatic carbocycles. The van der Waals surface area contributed by atoms with Gasteiger partial charge in [0.2, 0.25) is 6.08 Å². The highest BCUT2D eigenvalue weighted by Gasteiger charge is 2.04. The van der Waals surface area contributed by atoms with Crippen molar-refractivity contribution in [1.29, 1.82) is 0 Å². The number of esters is 1. The molecule has 0 aliphatic carbocycles. The topological polar surface area (TPSA) is 68.6 Å². The van der Waals surface area contributed by atoms with Gasteiger partial charge in [0.1, 0.15) is 0 Å². The third kappa shape index (κ3) is 2.21. The molecule has 0 aliphatic heterocycles. The number of rotatable bonds is 2. The summed E-state index contributed by atoms with van der Waals surface area (Å²) in [6, 6.07) is 2.90. The molecular weight excluding hydrogens is 172 g/mol. The molecule has 0 amide bonds. The monoisotopic (exact) mass is 178 g/mol. The molecule has 5 nitrogen and oxygen atoms in total. The summed E-state index contributed by atoms with van der Waals surface area (Å²) >= 11 is 0. The lowest BCUT2D eigenvalue weighted by Crippen LogP contribution is -2.00. The minimum Gasteiger partial charge on any atom is -0.465 e. The Balaban J connectivity index is 2.93. The number of ether oxygens (including phenoxy) is 1. The number of isocyanates is 1. The lowest BCUT2D eigenvalue weighted by atomic mass is 10.3. The first-order valence-electron chi connectivity index (χ1n) is 3.40. The Morgan fingerprint density at radius 1 is 1.62 bits per heavy atom. The average Bonchev–Trinajstić information content (AvgIpc) is 2.18. The van der Waals surface area contributed by atoms with E-state index in [-0.39, 0.29) is 5.82 Å². The molecule has 0 bridgehead atoms. The Morgan fingerprint density at radius 3 is 2.85 bits per heavy atom. The van der Waals surface area contributed by atoms with Gasteiger partial charge in [-0.3, -0.25) is 0 Å². The predicted octanol–water partition coefficient (Wildman–Crippen LogP) is 0.835. The van der Waals surface area contributed by atoms with E-state index in [0.29, 0.717) is 5.56 Å². The molecule has 0 atom stereocenters. The van der Waals surface area contributed by atoms with Crippen LogP contribution in [0.2, 0.25) is 0 Å². The van der Waals surface area contributed by atoms with E-state index < -0.39 is 5.97 Å². The maximum Gasteiger partial charge on any atom is 0.339 e. The van der Waals surface area contributed by atoms with Gasteiger partial charge in [-0.05, 0) is 12.1 Å². The van der Waals surface area contributed by atoms with E-state index in [2.05, 4.69) is 14.7 Å². The van der Waals surface area contributed by atoms with Crippen LogP contribution in [-0.4, -0.2) is 24.1 Å². The van der Waals surface area contributed by atoms with Crippen LogP contribution >= 0.6 is 0 Å². The van der Waals surface area contributed by atoms with Gasteiger partial charge in [-0.25, -0.2) is 14.6 Å². The van der Waals surface area contributed by atoms with Crippen molar-refractivity contribution in [2.45, 2.75) is 0 Å². The summed E-state index contributed by atoms with van der Waals surface area (Å²) in [6.45, 7) is 0. The highest BCUT2D eigenvalue weighted by molar-refractivity contribution is 5.89. The molecule has 13 heavy (non-hydrogen) atoms. The number of methoxy groups -OCH3 is 1. The molecule has 5 heteroatoms. The number of pyridine rings is 1. The molecule has 0 spiro atoms. The maximum absolute atomic E-state index is 10.9.